The number of likely N-dealkylation sites (N-methyl/N-ethyl adjacent to an activating group) is 1. The van der Waals surface area contributed by atoms with Crippen LogP contribution >= 0.6 is 0 Å². The van der Waals surface area contributed by atoms with Crippen LogP contribution in [0.1, 0.15) is 24.8 Å². The number of pyridine rings is 1. The molecular formula is C13H21N3. The Morgan fingerprint density at radius 2 is 2.38 bits per heavy atom. The minimum Gasteiger partial charge on any atom is -0.358 e. The topological polar surface area (TPSA) is 28.2 Å². The molecule has 1 saturated heterocycles. The van der Waals surface area contributed by atoms with Gasteiger partial charge in [0.1, 0.15) is 5.82 Å². The molecule has 2 rings (SSSR count). The zero-order valence-electron chi connectivity index (χ0n) is 10.2. The molecular weight excluding hydrogens is 198 g/mol. The van der Waals surface area contributed by atoms with E-state index in [2.05, 4.69) is 35.2 Å². The number of nitrogens with zero attached hydrogens (tertiary/aromatic N) is 2. The average Bonchev–Trinajstić information content (AvgIpc) is 2.30. The molecule has 0 radical (unpaired) electrons. The second-order valence-corrected chi connectivity index (χ2v) is 4.72. The van der Waals surface area contributed by atoms with Gasteiger partial charge in [0.05, 0.1) is 0 Å². The molecule has 0 bridgehead atoms. The fourth-order valence-corrected chi connectivity index (χ4v) is 2.23. The Morgan fingerprint density at radius 3 is 3.06 bits per heavy atom. The van der Waals surface area contributed by atoms with Crippen LogP contribution in [0, 0.1) is 6.92 Å². The Bertz CT molecular complexity index is 332. The van der Waals surface area contributed by atoms with Crippen LogP contribution < -0.4 is 10.2 Å². The van der Waals surface area contributed by atoms with Crippen molar-refractivity contribution in [1.82, 2.24) is 10.3 Å². The van der Waals surface area contributed by atoms with Crippen LogP contribution in [0.15, 0.2) is 18.3 Å². The standard InChI is InChI=1S/C13H21N3/c1-11-6-8-15-13(9-11)16(2)10-12-5-3-4-7-14-12/h6,8-9,12,14H,3-5,7,10H2,1-2H3. The minimum atomic E-state index is 0.626. The summed E-state index contributed by atoms with van der Waals surface area (Å²) in [4.78, 5) is 6.65. The lowest BCUT2D eigenvalue weighted by molar-refractivity contribution is 0.403. The van der Waals surface area contributed by atoms with Gasteiger partial charge in [-0.2, -0.15) is 0 Å². The van der Waals surface area contributed by atoms with E-state index in [0.29, 0.717) is 6.04 Å². The summed E-state index contributed by atoms with van der Waals surface area (Å²) in [5.41, 5.74) is 1.27. The van der Waals surface area contributed by atoms with Gasteiger partial charge in [0, 0.05) is 25.8 Å². The van der Waals surface area contributed by atoms with Crippen LogP contribution in [0.4, 0.5) is 5.82 Å². The number of hydrogen-bond acceptors (Lipinski definition) is 3. The van der Waals surface area contributed by atoms with Crippen molar-refractivity contribution >= 4 is 5.82 Å². The fourth-order valence-electron chi connectivity index (χ4n) is 2.23. The van der Waals surface area contributed by atoms with E-state index in [9.17, 15) is 0 Å². The van der Waals surface area contributed by atoms with Gasteiger partial charge in [-0.3, -0.25) is 0 Å². The van der Waals surface area contributed by atoms with Crippen LogP contribution in [0.5, 0.6) is 0 Å². The first-order chi connectivity index (χ1) is 7.75. The molecule has 1 aromatic rings. The second kappa shape index (κ2) is 5.30. The third-order valence-corrected chi connectivity index (χ3v) is 3.20. The number of rotatable bonds is 3. The van der Waals surface area contributed by atoms with Crippen molar-refractivity contribution in [1.29, 1.82) is 0 Å². The van der Waals surface area contributed by atoms with E-state index in [0.717, 1.165) is 12.4 Å². The highest BCUT2D eigenvalue weighted by molar-refractivity contribution is 5.39. The average molecular weight is 219 g/mol. The van der Waals surface area contributed by atoms with Gasteiger partial charge < -0.3 is 10.2 Å². The van der Waals surface area contributed by atoms with Crippen LogP contribution in [0.3, 0.4) is 0 Å². The molecule has 1 aromatic heterocycles. The molecule has 0 amide bonds. The van der Waals surface area contributed by atoms with Gasteiger partial charge in [-0.15, -0.1) is 0 Å². The monoisotopic (exact) mass is 219 g/mol. The normalized spacial score (nSPS) is 20.8. The van der Waals surface area contributed by atoms with Gasteiger partial charge in [0.15, 0.2) is 0 Å². The molecule has 1 aliphatic rings. The van der Waals surface area contributed by atoms with Crippen molar-refractivity contribution in [2.75, 3.05) is 25.0 Å². The molecule has 3 heteroatoms. The quantitative estimate of drug-likeness (QED) is 0.842. The predicted octanol–water partition coefficient (Wildman–Crippen LogP) is 1.97. The Balaban J connectivity index is 1.94. The fraction of sp³-hybridized carbons (Fsp3) is 0.615. The van der Waals surface area contributed by atoms with E-state index >= 15 is 0 Å². The van der Waals surface area contributed by atoms with Gasteiger partial charge >= 0.3 is 0 Å². The van der Waals surface area contributed by atoms with E-state index in [-0.39, 0.29) is 0 Å². The number of nitrogens with one attached hydrogen (secondary N) is 1. The van der Waals surface area contributed by atoms with Gasteiger partial charge in [-0.1, -0.05) is 6.42 Å². The van der Waals surface area contributed by atoms with Crippen LogP contribution in [0.25, 0.3) is 0 Å². The van der Waals surface area contributed by atoms with Gasteiger partial charge in [0.25, 0.3) is 0 Å². The molecule has 0 spiro atoms. The highest BCUT2D eigenvalue weighted by Gasteiger charge is 2.15. The Morgan fingerprint density at radius 1 is 1.50 bits per heavy atom. The molecule has 3 nitrogen and oxygen atoms in total. The summed E-state index contributed by atoms with van der Waals surface area (Å²) in [6.45, 7) is 4.33. The molecule has 1 N–H and O–H groups in total. The molecule has 16 heavy (non-hydrogen) atoms. The van der Waals surface area contributed by atoms with Crippen molar-refractivity contribution in [2.45, 2.75) is 32.2 Å². The molecule has 2 heterocycles. The number of piperidine rings is 1. The van der Waals surface area contributed by atoms with Crippen molar-refractivity contribution in [3.05, 3.63) is 23.9 Å². The van der Waals surface area contributed by atoms with E-state index in [1.54, 1.807) is 0 Å². The highest BCUT2D eigenvalue weighted by Crippen LogP contribution is 2.13. The molecule has 1 aliphatic heterocycles. The van der Waals surface area contributed by atoms with Crippen LogP contribution in [-0.4, -0.2) is 31.2 Å². The van der Waals surface area contributed by atoms with Crippen molar-refractivity contribution in [3.63, 3.8) is 0 Å². The first-order valence-corrected chi connectivity index (χ1v) is 6.13. The lowest BCUT2D eigenvalue weighted by Crippen LogP contribution is -2.42. The molecule has 0 aromatic carbocycles. The first-order valence-electron chi connectivity index (χ1n) is 6.13. The summed E-state index contributed by atoms with van der Waals surface area (Å²) in [5.74, 6) is 1.08. The molecule has 1 unspecified atom stereocenters. The maximum Gasteiger partial charge on any atom is 0.128 e. The smallest absolute Gasteiger partial charge is 0.128 e. The van der Waals surface area contributed by atoms with E-state index in [4.69, 9.17) is 0 Å². The molecule has 88 valence electrons. The van der Waals surface area contributed by atoms with Crippen molar-refractivity contribution in [2.24, 2.45) is 0 Å². The number of aryl methyl sites for hydroxylation is 1. The lowest BCUT2D eigenvalue weighted by Gasteiger charge is -2.28. The maximum atomic E-state index is 4.40. The van der Waals surface area contributed by atoms with Gasteiger partial charge in [-0.05, 0) is 44.0 Å². The van der Waals surface area contributed by atoms with Crippen molar-refractivity contribution < 1.29 is 0 Å². The molecule has 0 saturated carbocycles. The predicted molar refractivity (Wildman–Crippen MR) is 67.9 cm³/mol. The third kappa shape index (κ3) is 2.95. The lowest BCUT2D eigenvalue weighted by atomic mass is 10.0. The molecule has 1 fully saturated rings. The minimum absolute atomic E-state index is 0.626. The first kappa shape index (κ1) is 11.4. The maximum absolute atomic E-state index is 4.40. The summed E-state index contributed by atoms with van der Waals surface area (Å²) in [6, 6.07) is 4.81. The SMILES string of the molecule is Cc1ccnc(N(C)CC2CCCCN2)c1. The summed E-state index contributed by atoms with van der Waals surface area (Å²) < 4.78 is 0. The third-order valence-electron chi connectivity index (χ3n) is 3.20. The van der Waals surface area contributed by atoms with E-state index in [1.165, 1.54) is 31.4 Å². The Kier molecular flexibility index (Phi) is 3.78. The van der Waals surface area contributed by atoms with Crippen molar-refractivity contribution in [3.8, 4) is 0 Å². The molecule has 0 aliphatic carbocycles. The zero-order chi connectivity index (χ0) is 11.4. The van der Waals surface area contributed by atoms with Gasteiger partial charge in [-0.25, -0.2) is 4.98 Å². The number of aromatic nitrogens is 1. The summed E-state index contributed by atoms with van der Waals surface area (Å²) >= 11 is 0. The number of hydrogen-bond donors (Lipinski definition) is 1. The summed E-state index contributed by atoms with van der Waals surface area (Å²) in [6.07, 6.45) is 5.85. The zero-order valence-corrected chi connectivity index (χ0v) is 10.2. The number of anilines is 1. The molecule has 1 atom stereocenters. The Labute approximate surface area is 97.9 Å². The summed E-state index contributed by atoms with van der Waals surface area (Å²) in [7, 11) is 2.12. The Hall–Kier alpha value is -1.09. The summed E-state index contributed by atoms with van der Waals surface area (Å²) in [5, 5.41) is 3.56. The second-order valence-electron chi connectivity index (χ2n) is 4.72. The van der Waals surface area contributed by atoms with E-state index in [1.807, 2.05) is 12.3 Å². The van der Waals surface area contributed by atoms with Crippen LogP contribution in [0.2, 0.25) is 0 Å². The highest BCUT2D eigenvalue weighted by atomic mass is 15.2. The van der Waals surface area contributed by atoms with Gasteiger partial charge in [0.2, 0.25) is 0 Å². The largest absolute Gasteiger partial charge is 0.358 e. The van der Waals surface area contributed by atoms with Crippen LogP contribution in [-0.2, 0) is 0 Å². The van der Waals surface area contributed by atoms with E-state index < -0.39 is 0 Å².